The normalized spacial score (nSPS) is 14.8. The number of nitrogens with one attached hydrogen (secondary N) is 3. The van der Waals surface area contributed by atoms with E-state index in [1.54, 1.807) is 0 Å². The zero-order chi connectivity index (χ0) is 26.6. The van der Waals surface area contributed by atoms with Gasteiger partial charge >= 0.3 is 6.03 Å². The lowest BCUT2D eigenvalue weighted by atomic mass is 9.98. The molecule has 1 unspecified atom stereocenters. The van der Waals surface area contributed by atoms with Crippen molar-refractivity contribution in [3.05, 3.63) is 108 Å². The second kappa shape index (κ2) is 10.8. The third kappa shape index (κ3) is 5.36. The van der Waals surface area contributed by atoms with Gasteiger partial charge in [0.2, 0.25) is 5.82 Å². The molecular weight excluding hydrogens is 486 g/mol. The summed E-state index contributed by atoms with van der Waals surface area (Å²) in [6.45, 7) is 3.82. The standard InChI is InChI=1S/C31H29N7O/c1-21-11-14-25(15-12-21)32-31(39)33-28-19-23(26-9-5-6-10-27(26)30-34-36-37-35-30)13-16-29(28)38-18-17-24(20-38)22-7-3-2-4-8-22/h2-16,19,24H,17-18,20H2,1H3,(H2,32,33,39)(H,34,35,36,37). The number of urea groups is 1. The van der Waals surface area contributed by atoms with Gasteiger partial charge in [-0.1, -0.05) is 78.4 Å². The number of aryl methyl sites for hydroxylation is 1. The Morgan fingerprint density at radius 1 is 0.897 bits per heavy atom. The minimum atomic E-state index is -0.289. The van der Waals surface area contributed by atoms with Crippen molar-refractivity contribution in [3.63, 3.8) is 0 Å². The van der Waals surface area contributed by atoms with Crippen LogP contribution in [0.1, 0.15) is 23.5 Å². The van der Waals surface area contributed by atoms with Gasteiger partial charge in [0.05, 0.1) is 11.4 Å². The van der Waals surface area contributed by atoms with Crippen LogP contribution in [0, 0.1) is 6.92 Å². The first-order valence-corrected chi connectivity index (χ1v) is 13.1. The molecule has 3 N–H and O–H groups in total. The van der Waals surface area contributed by atoms with E-state index in [0.29, 0.717) is 11.7 Å². The van der Waals surface area contributed by atoms with E-state index in [1.165, 1.54) is 5.56 Å². The number of carbonyl (C=O) groups excluding carboxylic acids is 1. The summed E-state index contributed by atoms with van der Waals surface area (Å²) < 4.78 is 0. The number of hydrogen-bond acceptors (Lipinski definition) is 5. The number of H-pyrrole nitrogens is 1. The fourth-order valence-electron chi connectivity index (χ4n) is 5.18. The molecule has 1 aliphatic rings. The molecule has 8 nitrogen and oxygen atoms in total. The van der Waals surface area contributed by atoms with E-state index in [0.717, 1.165) is 58.8 Å². The number of rotatable bonds is 6. The Balaban J connectivity index is 1.33. The molecule has 2 amide bonds. The molecule has 1 saturated heterocycles. The first-order valence-electron chi connectivity index (χ1n) is 13.1. The van der Waals surface area contributed by atoms with Crippen molar-refractivity contribution in [2.24, 2.45) is 0 Å². The topological polar surface area (TPSA) is 98.8 Å². The monoisotopic (exact) mass is 515 g/mol. The number of nitrogens with zero attached hydrogens (tertiary/aromatic N) is 4. The second-order valence-corrected chi connectivity index (χ2v) is 9.80. The Morgan fingerprint density at radius 2 is 1.67 bits per heavy atom. The third-order valence-electron chi connectivity index (χ3n) is 7.18. The van der Waals surface area contributed by atoms with Gasteiger partial charge in [-0.2, -0.15) is 5.21 Å². The lowest BCUT2D eigenvalue weighted by Crippen LogP contribution is -2.24. The van der Waals surface area contributed by atoms with Crippen LogP contribution in [0.5, 0.6) is 0 Å². The molecule has 0 radical (unpaired) electrons. The summed E-state index contributed by atoms with van der Waals surface area (Å²) in [6.07, 6.45) is 1.06. The summed E-state index contributed by atoms with van der Waals surface area (Å²) in [6, 6.07) is 32.2. The smallest absolute Gasteiger partial charge is 0.323 e. The number of amides is 2. The van der Waals surface area contributed by atoms with Crippen molar-refractivity contribution in [2.75, 3.05) is 28.6 Å². The molecule has 4 aromatic carbocycles. The second-order valence-electron chi connectivity index (χ2n) is 9.80. The number of aromatic amines is 1. The minimum Gasteiger partial charge on any atom is -0.369 e. The van der Waals surface area contributed by atoms with Crippen LogP contribution in [-0.2, 0) is 0 Å². The molecule has 0 saturated carbocycles. The Hall–Kier alpha value is -4.98. The fourth-order valence-corrected chi connectivity index (χ4v) is 5.18. The molecule has 194 valence electrons. The molecule has 6 rings (SSSR count). The first-order chi connectivity index (χ1) is 19.1. The molecule has 8 heteroatoms. The Labute approximate surface area is 227 Å². The SMILES string of the molecule is Cc1ccc(NC(=O)Nc2cc(-c3ccccc3-c3nn[nH]n3)ccc2N2CCC(c3ccccc3)C2)cc1. The van der Waals surface area contributed by atoms with E-state index in [-0.39, 0.29) is 6.03 Å². The van der Waals surface area contributed by atoms with Crippen molar-refractivity contribution < 1.29 is 4.79 Å². The highest BCUT2D eigenvalue weighted by atomic mass is 16.2. The quantitative estimate of drug-likeness (QED) is 0.240. The summed E-state index contributed by atoms with van der Waals surface area (Å²) in [5.41, 5.74) is 7.72. The maximum Gasteiger partial charge on any atom is 0.323 e. The number of benzene rings is 4. The number of anilines is 3. The lowest BCUT2D eigenvalue weighted by molar-refractivity contribution is 0.262. The number of aromatic nitrogens is 4. The molecule has 0 spiro atoms. The van der Waals surface area contributed by atoms with E-state index < -0.39 is 0 Å². The van der Waals surface area contributed by atoms with Gasteiger partial charge in [-0.15, -0.1) is 10.2 Å². The van der Waals surface area contributed by atoms with E-state index in [2.05, 4.69) is 78.6 Å². The van der Waals surface area contributed by atoms with Crippen molar-refractivity contribution in [1.29, 1.82) is 0 Å². The van der Waals surface area contributed by atoms with Gasteiger partial charge in [0.25, 0.3) is 0 Å². The van der Waals surface area contributed by atoms with Gasteiger partial charge in [0.15, 0.2) is 0 Å². The molecule has 1 fully saturated rings. The van der Waals surface area contributed by atoms with Crippen molar-refractivity contribution >= 4 is 23.1 Å². The highest BCUT2D eigenvalue weighted by Crippen LogP contribution is 2.39. The van der Waals surface area contributed by atoms with Crippen LogP contribution in [0.25, 0.3) is 22.5 Å². The highest BCUT2D eigenvalue weighted by molar-refractivity contribution is 6.02. The van der Waals surface area contributed by atoms with Gasteiger partial charge in [-0.25, -0.2) is 4.79 Å². The van der Waals surface area contributed by atoms with Gasteiger partial charge < -0.3 is 15.5 Å². The molecule has 1 atom stereocenters. The van der Waals surface area contributed by atoms with Crippen LogP contribution in [0.3, 0.4) is 0 Å². The first kappa shape index (κ1) is 24.4. The van der Waals surface area contributed by atoms with E-state index in [9.17, 15) is 4.79 Å². The fraction of sp³-hybridized carbons (Fsp3) is 0.161. The van der Waals surface area contributed by atoms with Gasteiger partial charge in [-0.05, 0) is 59.5 Å². The van der Waals surface area contributed by atoms with Crippen molar-refractivity contribution in [3.8, 4) is 22.5 Å². The predicted molar refractivity (Wildman–Crippen MR) is 155 cm³/mol. The molecule has 5 aromatic rings. The Morgan fingerprint density at radius 3 is 2.44 bits per heavy atom. The van der Waals surface area contributed by atoms with Crippen LogP contribution in [-0.4, -0.2) is 39.7 Å². The Bertz CT molecular complexity index is 1570. The van der Waals surface area contributed by atoms with Crippen LogP contribution in [0.15, 0.2) is 97.1 Å². The number of tetrazole rings is 1. The Kier molecular flexibility index (Phi) is 6.74. The molecule has 39 heavy (non-hydrogen) atoms. The van der Waals surface area contributed by atoms with Gasteiger partial charge in [0.1, 0.15) is 0 Å². The van der Waals surface area contributed by atoms with Crippen molar-refractivity contribution in [1.82, 2.24) is 20.6 Å². The molecule has 1 aromatic heterocycles. The minimum absolute atomic E-state index is 0.289. The number of carbonyl (C=O) groups is 1. The predicted octanol–water partition coefficient (Wildman–Crippen LogP) is 6.48. The van der Waals surface area contributed by atoms with Gasteiger partial charge in [0, 0.05) is 30.3 Å². The largest absolute Gasteiger partial charge is 0.369 e. The molecule has 1 aliphatic heterocycles. The zero-order valence-electron chi connectivity index (χ0n) is 21.6. The van der Waals surface area contributed by atoms with Crippen LogP contribution in [0.2, 0.25) is 0 Å². The van der Waals surface area contributed by atoms with Crippen molar-refractivity contribution in [2.45, 2.75) is 19.3 Å². The summed E-state index contributed by atoms with van der Waals surface area (Å²) in [4.78, 5) is 15.5. The molecular formula is C31H29N7O. The van der Waals surface area contributed by atoms with Crippen LogP contribution < -0.4 is 15.5 Å². The summed E-state index contributed by atoms with van der Waals surface area (Å²) >= 11 is 0. The maximum atomic E-state index is 13.1. The highest BCUT2D eigenvalue weighted by Gasteiger charge is 2.26. The summed E-state index contributed by atoms with van der Waals surface area (Å²) in [5, 5.41) is 20.7. The van der Waals surface area contributed by atoms with E-state index in [1.807, 2.05) is 61.5 Å². The average molecular weight is 516 g/mol. The molecule has 2 heterocycles. The van der Waals surface area contributed by atoms with E-state index in [4.69, 9.17) is 0 Å². The summed E-state index contributed by atoms with van der Waals surface area (Å²) in [7, 11) is 0. The molecule has 0 aliphatic carbocycles. The van der Waals surface area contributed by atoms with E-state index >= 15 is 0 Å². The molecule has 0 bridgehead atoms. The third-order valence-corrected chi connectivity index (χ3v) is 7.18. The van der Waals surface area contributed by atoms with Crippen LogP contribution >= 0.6 is 0 Å². The summed E-state index contributed by atoms with van der Waals surface area (Å²) in [5.74, 6) is 0.964. The van der Waals surface area contributed by atoms with Crippen LogP contribution in [0.4, 0.5) is 21.9 Å². The lowest BCUT2D eigenvalue weighted by Gasteiger charge is -2.24. The number of hydrogen-bond donors (Lipinski definition) is 3. The maximum absolute atomic E-state index is 13.1. The average Bonchev–Trinajstić information content (AvgIpc) is 3.68. The zero-order valence-corrected chi connectivity index (χ0v) is 21.6. The van der Waals surface area contributed by atoms with Gasteiger partial charge in [-0.3, -0.25) is 0 Å².